The molecular weight excluding hydrogens is 262 g/mol. The predicted octanol–water partition coefficient (Wildman–Crippen LogP) is 1.66. The van der Waals surface area contributed by atoms with Gasteiger partial charge < -0.3 is 19.9 Å². The molecule has 114 valence electrons. The third-order valence-corrected chi connectivity index (χ3v) is 3.31. The number of nitrogens with one attached hydrogen (secondary N) is 1. The van der Waals surface area contributed by atoms with E-state index in [1.807, 2.05) is 6.08 Å². The van der Waals surface area contributed by atoms with Gasteiger partial charge in [0, 0.05) is 26.7 Å². The van der Waals surface area contributed by atoms with Crippen molar-refractivity contribution >= 4 is 11.9 Å². The molecule has 1 heterocycles. The number of carbonyl (C=O) groups excluding carboxylic acids is 1. The topological polar surface area (TPSA) is 84.9 Å². The molecule has 0 radical (unpaired) electrons. The van der Waals surface area contributed by atoms with Gasteiger partial charge >= 0.3 is 5.97 Å². The van der Waals surface area contributed by atoms with Gasteiger partial charge in [0.1, 0.15) is 12.3 Å². The van der Waals surface area contributed by atoms with Crippen molar-refractivity contribution < 1.29 is 24.2 Å². The first-order chi connectivity index (χ1) is 9.42. The molecule has 3 atom stereocenters. The van der Waals surface area contributed by atoms with Crippen LogP contribution in [0.15, 0.2) is 11.8 Å². The third-order valence-electron chi connectivity index (χ3n) is 3.31. The second-order valence-electron chi connectivity index (χ2n) is 5.01. The zero-order chi connectivity index (χ0) is 15.1. The van der Waals surface area contributed by atoms with Gasteiger partial charge in [0.05, 0.1) is 0 Å². The highest BCUT2D eigenvalue weighted by Gasteiger charge is 2.29. The molecule has 1 aliphatic heterocycles. The van der Waals surface area contributed by atoms with Gasteiger partial charge in [-0.2, -0.15) is 0 Å². The van der Waals surface area contributed by atoms with E-state index in [2.05, 4.69) is 5.32 Å². The minimum absolute atomic E-state index is 0.0631. The first-order valence-corrected chi connectivity index (χ1v) is 6.80. The van der Waals surface area contributed by atoms with Crippen LogP contribution < -0.4 is 5.32 Å². The zero-order valence-corrected chi connectivity index (χ0v) is 12.2. The molecule has 0 saturated carbocycles. The van der Waals surface area contributed by atoms with Crippen molar-refractivity contribution in [3.05, 3.63) is 11.8 Å². The molecule has 2 rings (SSSR count). The fourth-order valence-corrected chi connectivity index (χ4v) is 2.50. The van der Waals surface area contributed by atoms with Crippen molar-refractivity contribution in [3.8, 4) is 0 Å². The van der Waals surface area contributed by atoms with Crippen molar-refractivity contribution in [1.82, 2.24) is 5.32 Å². The zero-order valence-electron chi connectivity index (χ0n) is 12.2. The largest absolute Gasteiger partial charge is 0.481 e. The van der Waals surface area contributed by atoms with Gasteiger partial charge in [-0.25, -0.2) is 0 Å². The van der Waals surface area contributed by atoms with Crippen LogP contribution in [0.5, 0.6) is 0 Å². The van der Waals surface area contributed by atoms with Crippen molar-refractivity contribution in [2.75, 3.05) is 7.11 Å². The van der Waals surface area contributed by atoms with Crippen LogP contribution in [0, 0.1) is 5.92 Å². The Balaban J connectivity index is 0.000000444. The second-order valence-corrected chi connectivity index (χ2v) is 5.01. The molecule has 0 bridgehead atoms. The number of esters is 1. The molecule has 20 heavy (non-hydrogen) atoms. The lowest BCUT2D eigenvalue weighted by molar-refractivity contribution is -0.144. The monoisotopic (exact) mass is 285 g/mol. The van der Waals surface area contributed by atoms with Gasteiger partial charge in [-0.1, -0.05) is 0 Å². The number of ether oxygens (including phenoxy) is 2. The minimum Gasteiger partial charge on any atom is -0.481 e. The fraction of sp³-hybridized carbons (Fsp3) is 0.714. The van der Waals surface area contributed by atoms with Crippen LogP contribution in [0.2, 0.25) is 0 Å². The first kappa shape index (κ1) is 16.5. The molecule has 1 aliphatic carbocycles. The van der Waals surface area contributed by atoms with Gasteiger partial charge in [0.25, 0.3) is 5.97 Å². The van der Waals surface area contributed by atoms with Crippen molar-refractivity contribution in [2.24, 2.45) is 5.92 Å². The quantitative estimate of drug-likeness (QED) is 0.751. The Bertz CT molecular complexity index is 376. The highest BCUT2D eigenvalue weighted by molar-refractivity contribution is 5.66. The summed E-state index contributed by atoms with van der Waals surface area (Å²) in [5.41, 5.74) is 1.19. The van der Waals surface area contributed by atoms with E-state index in [0.717, 1.165) is 32.6 Å². The Morgan fingerprint density at radius 1 is 1.25 bits per heavy atom. The summed E-state index contributed by atoms with van der Waals surface area (Å²) in [5, 5.41) is 10.8. The van der Waals surface area contributed by atoms with Crippen LogP contribution in [0.4, 0.5) is 0 Å². The molecule has 0 aromatic carbocycles. The number of methoxy groups -OCH3 is 1. The van der Waals surface area contributed by atoms with Gasteiger partial charge in [-0.15, -0.1) is 0 Å². The number of carbonyl (C=O) groups is 2. The Morgan fingerprint density at radius 2 is 1.85 bits per heavy atom. The molecular formula is C14H23NO5. The SMILES string of the molecule is CC(=O)O.COC1CCC2CCC(OC(C)=O)C=C2N1. The van der Waals surface area contributed by atoms with Crippen LogP contribution in [0.3, 0.4) is 0 Å². The van der Waals surface area contributed by atoms with Gasteiger partial charge in [-0.3, -0.25) is 9.59 Å². The van der Waals surface area contributed by atoms with E-state index in [4.69, 9.17) is 19.4 Å². The van der Waals surface area contributed by atoms with E-state index in [0.29, 0.717) is 5.92 Å². The van der Waals surface area contributed by atoms with Gasteiger partial charge in [0.2, 0.25) is 0 Å². The lowest BCUT2D eigenvalue weighted by Crippen LogP contribution is -2.40. The van der Waals surface area contributed by atoms with E-state index in [-0.39, 0.29) is 18.3 Å². The number of carboxylic acids is 1. The molecule has 6 nitrogen and oxygen atoms in total. The average Bonchev–Trinajstić information content (AvgIpc) is 2.36. The number of rotatable bonds is 2. The molecule has 0 aromatic heterocycles. The number of fused-ring (bicyclic) bond motifs is 1. The van der Waals surface area contributed by atoms with Crippen LogP contribution in [-0.2, 0) is 19.1 Å². The van der Waals surface area contributed by atoms with E-state index >= 15 is 0 Å². The molecule has 6 heteroatoms. The summed E-state index contributed by atoms with van der Waals surface area (Å²) >= 11 is 0. The summed E-state index contributed by atoms with van der Waals surface area (Å²) in [5.74, 6) is -0.447. The standard InChI is InChI=1S/C12H19NO3.C2H4O2/c1-8(14)16-10-5-3-9-4-6-12(15-2)13-11(9)7-10;1-2(3)4/h7,9-10,12-13H,3-6H2,1-2H3;1H3,(H,3,4). The lowest BCUT2D eigenvalue weighted by Gasteiger charge is -2.36. The number of hydrogen-bond donors (Lipinski definition) is 2. The molecule has 0 spiro atoms. The van der Waals surface area contributed by atoms with E-state index < -0.39 is 5.97 Å². The molecule has 1 fully saturated rings. The van der Waals surface area contributed by atoms with Crippen molar-refractivity contribution in [2.45, 2.75) is 51.9 Å². The Kier molecular flexibility index (Phi) is 6.51. The van der Waals surface area contributed by atoms with Crippen molar-refractivity contribution in [3.63, 3.8) is 0 Å². The molecule has 2 N–H and O–H groups in total. The lowest BCUT2D eigenvalue weighted by atomic mass is 9.84. The summed E-state index contributed by atoms with van der Waals surface area (Å²) in [4.78, 5) is 19.9. The summed E-state index contributed by atoms with van der Waals surface area (Å²) in [7, 11) is 1.71. The van der Waals surface area contributed by atoms with Crippen molar-refractivity contribution in [1.29, 1.82) is 0 Å². The number of allylic oxidation sites excluding steroid dienone is 1. The average molecular weight is 285 g/mol. The Hall–Kier alpha value is -1.56. The molecule has 0 amide bonds. The predicted molar refractivity (Wildman–Crippen MR) is 72.8 cm³/mol. The third kappa shape index (κ3) is 5.61. The highest BCUT2D eigenvalue weighted by atomic mass is 16.5. The molecule has 3 unspecified atom stereocenters. The Labute approximate surface area is 119 Å². The molecule has 2 aliphatic rings. The summed E-state index contributed by atoms with van der Waals surface area (Å²) in [6.07, 6.45) is 6.33. The molecule has 0 aromatic rings. The number of carboxylic acid groups (broad SMARTS) is 1. The summed E-state index contributed by atoms with van der Waals surface area (Å²) in [6, 6.07) is 0. The van der Waals surface area contributed by atoms with Gasteiger partial charge in [-0.05, 0) is 37.7 Å². The van der Waals surface area contributed by atoms with E-state index in [1.54, 1.807) is 7.11 Å². The van der Waals surface area contributed by atoms with Gasteiger partial charge in [0.15, 0.2) is 0 Å². The Morgan fingerprint density at radius 3 is 2.40 bits per heavy atom. The van der Waals surface area contributed by atoms with Crippen LogP contribution in [-0.4, -0.2) is 36.5 Å². The maximum absolute atomic E-state index is 10.9. The smallest absolute Gasteiger partial charge is 0.303 e. The number of piperidine rings is 1. The van der Waals surface area contributed by atoms with Crippen LogP contribution in [0.1, 0.15) is 39.5 Å². The summed E-state index contributed by atoms with van der Waals surface area (Å²) in [6.45, 7) is 2.54. The van der Waals surface area contributed by atoms with Crippen LogP contribution >= 0.6 is 0 Å². The maximum Gasteiger partial charge on any atom is 0.303 e. The van der Waals surface area contributed by atoms with Crippen LogP contribution in [0.25, 0.3) is 0 Å². The number of aliphatic carboxylic acids is 1. The number of hydrogen-bond acceptors (Lipinski definition) is 5. The first-order valence-electron chi connectivity index (χ1n) is 6.80. The van der Waals surface area contributed by atoms with E-state index in [9.17, 15) is 4.79 Å². The molecule has 1 saturated heterocycles. The second kappa shape index (κ2) is 7.89. The fourth-order valence-electron chi connectivity index (χ4n) is 2.50. The summed E-state index contributed by atoms with van der Waals surface area (Å²) < 4.78 is 10.5. The normalized spacial score (nSPS) is 27.9. The highest BCUT2D eigenvalue weighted by Crippen LogP contribution is 2.32. The minimum atomic E-state index is -0.833. The van der Waals surface area contributed by atoms with E-state index in [1.165, 1.54) is 12.6 Å². The maximum atomic E-state index is 10.9.